The molecule has 2 aromatic rings. The first kappa shape index (κ1) is 15.5. The minimum absolute atomic E-state index is 0.224. The van der Waals surface area contributed by atoms with E-state index in [0.29, 0.717) is 0 Å². The van der Waals surface area contributed by atoms with E-state index in [1.54, 1.807) is 17.1 Å². The second-order valence-corrected chi connectivity index (χ2v) is 5.42. The molecule has 1 aromatic carbocycles. The van der Waals surface area contributed by atoms with Crippen LogP contribution in [0.4, 0.5) is 13.2 Å². The third-order valence-electron chi connectivity index (χ3n) is 2.75. The number of nitrogens with one attached hydrogen (secondary N) is 1. The fraction of sp³-hybridized carbons (Fsp3) is 0.0769. The summed E-state index contributed by atoms with van der Waals surface area (Å²) in [4.78, 5) is 24.3. The highest BCUT2D eigenvalue weighted by atomic mass is 127. The number of halogens is 4. The third kappa shape index (κ3) is 3.26. The van der Waals surface area contributed by atoms with Gasteiger partial charge in [0.1, 0.15) is 11.3 Å². The second kappa shape index (κ2) is 5.51. The number of pyridine rings is 1. The van der Waals surface area contributed by atoms with Crippen molar-refractivity contribution >= 4 is 28.5 Å². The molecule has 0 aliphatic heterocycles. The number of benzene rings is 1. The Morgan fingerprint density at radius 1 is 1.19 bits per heavy atom. The van der Waals surface area contributed by atoms with E-state index in [9.17, 15) is 22.8 Å². The topological polar surface area (TPSA) is 76.0 Å². The standard InChI is InChI=1S/C13H8F3IN2O2/c14-13(15,16)10-8(6-1-3-7(17)4-2-6)5-9(11(18)20)12(21)19-10/h1-5H,(H2,18,20)(H,19,21). The number of carbonyl (C=O) groups is 1. The van der Waals surface area contributed by atoms with Crippen molar-refractivity contribution in [1.82, 2.24) is 4.98 Å². The molecule has 0 saturated carbocycles. The molecule has 21 heavy (non-hydrogen) atoms. The molecule has 1 heterocycles. The molecule has 0 aliphatic carbocycles. The van der Waals surface area contributed by atoms with Crippen LogP contribution in [0, 0.1) is 3.57 Å². The van der Waals surface area contributed by atoms with Crippen LogP contribution in [0.1, 0.15) is 16.1 Å². The van der Waals surface area contributed by atoms with Crippen molar-refractivity contribution in [2.24, 2.45) is 5.73 Å². The van der Waals surface area contributed by atoms with Gasteiger partial charge >= 0.3 is 6.18 Å². The summed E-state index contributed by atoms with van der Waals surface area (Å²) < 4.78 is 40.0. The molecule has 3 N–H and O–H groups in total. The normalized spacial score (nSPS) is 11.4. The molecule has 2 rings (SSSR count). The first-order valence-corrected chi connectivity index (χ1v) is 6.68. The van der Waals surface area contributed by atoms with Gasteiger partial charge in [-0.2, -0.15) is 13.2 Å². The molecule has 0 bridgehead atoms. The number of amides is 1. The van der Waals surface area contributed by atoms with Crippen LogP contribution in [-0.4, -0.2) is 10.9 Å². The quantitative estimate of drug-likeness (QED) is 0.751. The molecule has 8 heteroatoms. The van der Waals surface area contributed by atoms with E-state index >= 15 is 0 Å². The first-order valence-electron chi connectivity index (χ1n) is 5.60. The first-order chi connectivity index (χ1) is 9.70. The lowest BCUT2D eigenvalue weighted by molar-refractivity contribution is -0.140. The molecule has 1 aromatic heterocycles. The Bertz CT molecular complexity index is 751. The van der Waals surface area contributed by atoms with Gasteiger partial charge < -0.3 is 10.7 Å². The maximum atomic E-state index is 13.0. The summed E-state index contributed by atoms with van der Waals surface area (Å²) in [6, 6.07) is 7.03. The Labute approximate surface area is 130 Å². The molecule has 0 spiro atoms. The molecule has 0 saturated heterocycles. The monoisotopic (exact) mass is 408 g/mol. The van der Waals surface area contributed by atoms with Crippen molar-refractivity contribution in [2.75, 3.05) is 0 Å². The SMILES string of the molecule is NC(=O)c1cc(-c2ccc(I)cc2)c(C(F)(F)F)[nH]c1=O. The zero-order valence-corrected chi connectivity index (χ0v) is 12.4. The Balaban J connectivity index is 2.77. The zero-order chi connectivity index (χ0) is 15.8. The van der Waals surface area contributed by atoms with E-state index in [0.717, 1.165) is 9.64 Å². The van der Waals surface area contributed by atoms with Crippen LogP contribution >= 0.6 is 22.6 Å². The van der Waals surface area contributed by atoms with Crippen LogP contribution in [0.2, 0.25) is 0 Å². The summed E-state index contributed by atoms with van der Waals surface area (Å²) in [5, 5.41) is 0. The summed E-state index contributed by atoms with van der Waals surface area (Å²) >= 11 is 2.01. The van der Waals surface area contributed by atoms with Gasteiger partial charge in [-0.05, 0) is 46.4 Å². The van der Waals surface area contributed by atoms with Crippen molar-refractivity contribution in [3.05, 3.63) is 55.5 Å². The van der Waals surface area contributed by atoms with Gasteiger partial charge in [-0.25, -0.2) is 0 Å². The van der Waals surface area contributed by atoms with Crippen LogP contribution in [0.5, 0.6) is 0 Å². The summed E-state index contributed by atoms with van der Waals surface area (Å²) in [5.41, 5.74) is 2.04. The van der Waals surface area contributed by atoms with Gasteiger partial charge in [0.2, 0.25) is 0 Å². The van der Waals surface area contributed by atoms with Gasteiger partial charge in [0, 0.05) is 9.13 Å². The number of H-pyrrole nitrogens is 1. The number of aromatic amines is 1. The van der Waals surface area contributed by atoms with E-state index in [1.807, 2.05) is 22.6 Å². The van der Waals surface area contributed by atoms with Crippen LogP contribution in [0.25, 0.3) is 11.1 Å². The summed E-state index contributed by atoms with van der Waals surface area (Å²) in [7, 11) is 0. The highest BCUT2D eigenvalue weighted by Crippen LogP contribution is 2.35. The molecular weight excluding hydrogens is 400 g/mol. The Morgan fingerprint density at radius 2 is 1.76 bits per heavy atom. The lowest BCUT2D eigenvalue weighted by Crippen LogP contribution is -2.27. The van der Waals surface area contributed by atoms with Crippen LogP contribution in [0.3, 0.4) is 0 Å². The van der Waals surface area contributed by atoms with Gasteiger partial charge in [0.25, 0.3) is 11.5 Å². The van der Waals surface area contributed by atoms with Crippen molar-refractivity contribution in [1.29, 1.82) is 0 Å². The number of hydrogen-bond donors (Lipinski definition) is 2. The molecule has 0 fully saturated rings. The Morgan fingerprint density at radius 3 is 2.24 bits per heavy atom. The van der Waals surface area contributed by atoms with Gasteiger partial charge in [-0.15, -0.1) is 0 Å². The minimum Gasteiger partial charge on any atom is -0.365 e. The molecule has 0 aliphatic rings. The smallest absolute Gasteiger partial charge is 0.365 e. The maximum absolute atomic E-state index is 13.0. The van der Waals surface area contributed by atoms with Crippen LogP contribution in [-0.2, 0) is 6.18 Å². The number of hydrogen-bond acceptors (Lipinski definition) is 2. The fourth-order valence-corrected chi connectivity index (χ4v) is 2.15. The number of nitrogens with two attached hydrogens (primary N) is 1. The summed E-state index contributed by atoms with van der Waals surface area (Å²) in [6.07, 6.45) is -4.76. The molecular formula is C13H8F3IN2O2. The number of aromatic nitrogens is 1. The highest BCUT2D eigenvalue weighted by molar-refractivity contribution is 14.1. The van der Waals surface area contributed by atoms with Crippen molar-refractivity contribution in [2.45, 2.75) is 6.18 Å². The van der Waals surface area contributed by atoms with E-state index in [2.05, 4.69) is 0 Å². The molecule has 0 atom stereocenters. The average Bonchev–Trinajstić information content (AvgIpc) is 2.38. The van der Waals surface area contributed by atoms with Gasteiger partial charge in [-0.1, -0.05) is 12.1 Å². The predicted molar refractivity (Wildman–Crippen MR) is 78.7 cm³/mol. The maximum Gasteiger partial charge on any atom is 0.431 e. The molecule has 0 radical (unpaired) electrons. The fourth-order valence-electron chi connectivity index (χ4n) is 1.79. The number of rotatable bonds is 2. The highest BCUT2D eigenvalue weighted by Gasteiger charge is 2.36. The lowest BCUT2D eigenvalue weighted by Gasteiger charge is -2.13. The molecule has 4 nitrogen and oxygen atoms in total. The summed E-state index contributed by atoms with van der Waals surface area (Å²) in [6.45, 7) is 0. The van der Waals surface area contributed by atoms with Gasteiger partial charge in [-0.3, -0.25) is 9.59 Å². The van der Waals surface area contributed by atoms with Crippen molar-refractivity contribution < 1.29 is 18.0 Å². The van der Waals surface area contributed by atoms with Gasteiger partial charge in [0.15, 0.2) is 0 Å². The van der Waals surface area contributed by atoms with E-state index in [1.165, 1.54) is 12.1 Å². The average molecular weight is 408 g/mol. The predicted octanol–water partition coefficient (Wildman–Crippen LogP) is 2.76. The lowest BCUT2D eigenvalue weighted by atomic mass is 10.0. The van der Waals surface area contributed by atoms with E-state index in [-0.39, 0.29) is 11.1 Å². The summed E-state index contributed by atoms with van der Waals surface area (Å²) in [5.74, 6) is -1.09. The number of alkyl halides is 3. The molecule has 110 valence electrons. The zero-order valence-electron chi connectivity index (χ0n) is 10.3. The second-order valence-electron chi connectivity index (χ2n) is 4.17. The van der Waals surface area contributed by atoms with Crippen LogP contribution < -0.4 is 11.3 Å². The van der Waals surface area contributed by atoms with E-state index in [4.69, 9.17) is 5.73 Å². The van der Waals surface area contributed by atoms with Crippen LogP contribution in [0.15, 0.2) is 35.1 Å². The molecule has 0 unspecified atom stereocenters. The van der Waals surface area contributed by atoms with Crippen molar-refractivity contribution in [3.63, 3.8) is 0 Å². The number of carbonyl (C=O) groups excluding carboxylic acids is 1. The minimum atomic E-state index is -4.76. The van der Waals surface area contributed by atoms with Crippen molar-refractivity contribution in [3.8, 4) is 11.1 Å². The number of primary amides is 1. The Hall–Kier alpha value is -1.84. The van der Waals surface area contributed by atoms with Gasteiger partial charge in [0.05, 0.1) is 0 Å². The third-order valence-corrected chi connectivity index (χ3v) is 3.46. The Kier molecular flexibility index (Phi) is 4.08. The molecule has 1 amide bonds. The largest absolute Gasteiger partial charge is 0.431 e. The van der Waals surface area contributed by atoms with E-state index < -0.39 is 28.9 Å².